The summed E-state index contributed by atoms with van der Waals surface area (Å²) >= 11 is 0. The molecule has 4 heteroatoms. The molecule has 0 amide bonds. The molecule has 1 saturated heterocycles. The predicted octanol–water partition coefficient (Wildman–Crippen LogP) is 3.42. The van der Waals surface area contributed by atoms with E-state index in [1.54, 1.807) is 0 Å². The first-order valence-electron chi connectivity index (χ1n) is 8.92. The lowest BCUT2D eigenvalue weighted by molar-refractivity contribution is 0.133. The van der Waals surface area contributed by atoms with E-state index in [1.165, 1.54) is 24.0 Å². The summed E-state index contributed by atoms with van der Waals surface area (Å²) in [5, 5.41) is 3.44. The zero-order chi connectivity index (χ0) is 16.5. The van der Waals surface area contributed by atoms with Gasteiger partial charge in [0.15, 0.2) is 5.96 Å². The number of benzene rings is 1. The smallest absolute Gasteiger partial charge is 0.194 e. The molecule has 0 atom stereocenters. The van der Waals surface area contributed by atoms with Crippen molar-refractivity contribution in [2.45, 2.75) is 46.8 Å². The van der Waals surface area contributed by atoms with Crippen LogP contribution in [0.5, 0.6) is 0 Å². The summed E-state index contributed by atoms with van der Waals surface area (Å²) in [5.41, 5.74) is 2.49. The minimum atomic E-state index is 0.667. The fraction of sp³-hybridized carbons (Fsp3) is 0.632. The summed E-state index contributed by atoms with van der Waals surface area (Å²) in [7, 11) is 0. The van der Waals surface area contributed by atoms with E-state index in [4.69, 9.17) is 9.73 Å². The van der Waals surface area contributed by atoms with E-state index in [2.05, 4.69) is 48.3 Å². The van der Waals surface area contributed by atoms with Crippen molar-refractivity contribution in [1.29, 1.82) is 0 Å². The average molecular weight is 317 g/mol. The van der Waals surface area contributed by atoms with E-state index in [1.807, 2.05) is 6.92 Å². The van der Waals surface area contributed by atoms with Crippen molar-refractivity contribution in [3.63, 3.8) is 0 Å². The van der Waals surface area contributed by atoms with Crippen LogP contribution >= 0.6 is 0 Å². The van der Waals surface area contributed by atoms with E-state index >= 15 is 0 Å². The van der Waals surface area contributed by atoms with E-state index in [0.29, 0.717) is 13.2 Å². The third kappa shape index (κ3) is 5.54. The van der Waals surface area contributed by atoms with Crippen LogP contribution in [-0.2, 0) is 17.9 Å². The van der Waals surface area contributed by atoms with Crippen molar-refractivity contribution in [2.75, 3.05) is 26.2 Å². The molecule has 1 heterocycles. The van der Waals surface area contributed by atoms with Gasteiger partial charge >= 0.3 is 0 Å². The Morgan fingerprint density at radius 1 is 1.22 bits per heavy atom. The third-order valence-corrected chi connectivity index (χ3v) is 4.40. The number of rotatable bonds is 6. The Morgan fingerprint density at radius 2 is 1.91 bits per heavy atom. The molecule has 0 aromatic heterocycles. The predicted molar refractivity (Wildman–Crippen MR) is 96.6 cm³/mol. The fourth-order valence-electron chi connectivity index (χ4n) is 2.87. The van der Waals surface area contributed by atoms with Crippen molar-refractivity contribution in [2.24, 2.45) is 10.9 Å². The normalized spacial score (nSPS) is 16.7. The highest BCUT2D eigenvalue weighted by Crippen LogP contribution is 2.17. The number of hydrogen-bond acceptors (Lipinski definition) is 2. The Morgan fingerprint density at radius 3 is 2.57 bits per heavy atom. The van der Waals surface area contributed by atoms with E-state index < -0.39 is 0 Å². The van der Waals surface area contributed by atoms with Crippen LogP contribution in [0.1, 0.15) is 44.7 Å². The van der Waals surface area contributed by atoms with Gasteiger partial charge in [-0.1, -0.05) is 31.2 Å². The molecular weight excluding hydrogens is 286 g/mol. The van der Waals surface area contributed by atoms with Gasteiger partial charge in [-0.2, -0.15) is 0 Å². The van der Waals surface area contributed by atoms with Crippen molar-refractivity contribution in [1.82, 2.24) is 10.2 Å². The molecule has 2 rings (SSSR count). The highest BCUT2D eigenvalue weighted by Gasteiger charge is 2.18. The number of piperidine rings is 1. The van der Waals surface area contributed by atoms with Crippen molar-refractivity contribution >= 4 is 5.96 Å². The molecule has 0 unspecified atom stereocenters. The van der Waals surface area contributed by atoms with Gasteiger partial charge in [-0.05, 0) is 43.7 Å². The third-order valence-electron chi connectivity index (χ3n) is 4.40. The van der Waals surface area contributed by atoms with Crippen LogP contribution in [0.25, 0.3) is 0 Å². The number of likely N-dealkylation sites (tertiary alicyclic amines) is 1. The average Bonchev–Trinajstić information content (AvgIpc) is 2.58. The molecule has 1 aromatic rings. The minimum absolute atomic E-state index is 0.667. The molecule has 1 N–H and O–H groups in total. The summed E-state index contributed by atoms with van der Waals surface area (Å²) in [6, 6.07) is 8.43. The summed E-state index contributed by atoms with van der Waals surface area (Å²) in [5.74, 6) is 1.88. The maximum absolute atomic E-state index is 5.57. The van der Waals surface area contributed by atoms with Crippen LogP contribution in [0.2, 0.25) is 0 Å². The van der Waals surface area contributed by atoms with Crippen LogP contribution in [0.4, 0.5) is 0 Å². The maximum atomic E-state index is 5.57. The number of ether oxygens (including phenoxy) is 1. The van der Waals surface area contributed by atoms with Crippen LogP contribution in [0, 0.1) is 5.92 Å². The van der Waals surface area contributed by atoms with Crippen LogP contribution in [0.15, 0.2) is 29.3 Å². The topological polar surface area (TPSA) is 36.9 Å². The lowest BCUT2D eigenvalue weighted by atomic mass is 9.99. The molecule has 0 saturated carbocycles. The van der Waals surface area contributed by atoms with Crippen LogP contribution in [0.3, 0.4) is 0 Å². The molecule has 0 bridgehead atoms. The largest absolute Gasteiger partial charge is 0.377 e. The molecule has 1 fully saturated rings. The van der Waals surface area contributed by atoms with Crippen molar-refractivity contribution in [3.8, 4) is 0 Å². The number of nitrogens with zero attached hydrogens (tertiary/aromatic N) is 2. The first kappa shape index (κ1) is 17.8. The molecule has 1 aromatic carbocycles. The Hall–Kier alpha value is -1.55. The van der Waals surface area contributed by atoms with Gasteiger partial charge < -0.3 is 15.0 Å². The minimum Gasteiger partial charge on any atom is -0.377 e. The van der Waals surface area contributed by atoms with Gasteiger partial charge in [0.05, 0.1) is 13.2 Å². The molecule has 0 aliphatic carbocycles. The SMILES string of the molecule is CCNC(=NCc1ccccc1COCC)N1CCC(C)CC1. The van der Waals surface area contributed by atoms with Gasteiger partial charge in [0, 0.05) is 26.2 Å². The van der Waals surface area contributed by atoms with Crippen LogP contribution in [-0.4, -0.2) is 37.1 Å². The monoisotopic (exact) mass is 317 g/mol. The standard InChI is InChI=1S/C19H31N3O/c1-4-20-19(22-12-10-16(3)11-13-22)21-14-17-8-6-7-9-18(17)15-23-5-2/h6-9,16H,4-5,10-15H2,1-3H3,(H,20,21). The van der Waals surface area contributed by atoms with Gasteiger partial charge in [0.1, 0.15) is 0 Å². The van der Waals surface area contributed by atoms with Crippen LogP contribution < -0.4 is 5.32 Å². The van der Waals surface area contributed by atoms with E-state index in [-0.39, 0.29) is 0 Å². The molecule has 0 radical (unpaired) electrons. The highest BCUT2D eigenvalue weighted by molar-refractivity contribution is 5.80. The van der Waals surface area contributed by atoms with Gasteiger partial charge in [-0.15, -0.1) is 0 Å². The van der Waals surface area contributed by atoms with Crippen molar-refractivity contribution < 1.29 is 4.74 Å². The number of hydrogen-bond donors (Lipinski definition) is 1. The second kappa shape index (κ2) is 9.56. The molecule has 1 aliphatic heterocycles. The maximum Gasteiger partial charge on any atom is 0.194 e. The number of nitrogens with one attached hydrogen (secondary N) is 1. The molecular formula is C19H31N3O. The van der Waals surface area contributed by atoms with Gasteiger partial charge in [0.25, 0.3) is 0 Å². The first-order valence-corrected chi connectivity index (χ1v) is 8.92. The second-order valence-corrected chi connectivity index (χ2v) is 6.25. The lowest BCUT2D eigenvalue weighted by Crippen LogP contribution is -2.45. The van der Waals surface area contributed by atoms with Gasteiger partial charge in [0.2, 0.25) is 0 Å². The Balaban J connectivity index is 2.05. The van der Waals surface area contributed by atoms with Crippen molar-refractivity contribution in [3.05, 3.63) is 35.4 Å². The van der Waals surface area contributed by atoms with Gasteiger partial charge in [-0.3, -0.25) is 0 Å². The number of guanidine groups is 1. The Bertz CT molecular complexity index is 493. The first-order chi connectivity index (χ1) is 11.2. The second-order valence-electron chi connectivity index (χ2n) is 6.25. The molecule has 1 aliphatic rings. The number of aliphatic imine (C=N–C) groups is 1. The zero-order valence-corrected chi connectivity index (χ0v) is 14.8. The Labute approximate surface area is 140 Å². The molecule has 0 spiro atoms. The summed E-state index contributed by atoms with van der Waals surface area (Å²) in [6.45, 7) is 11.7. The Kier molecular flexibility index (Phi) is 7.40. The summed E-state index contributed by atoms with van der Waals surface area (Å²) < 4.78 is 5.57. The molecule has 4 nitrogen and oxygen atoms in total. The van der Waals surface area contributed by atoms with E-state index in [0.717, 1.165) is 38.1 Å². The molecule has 128 valence electrons. The van der Waals surface area contributed by atoms with Gasteiger partial charge in [-0.25, -0.2) is 4.99 Å². The summed E-state index contributed by atoms with van der Waals surface area (Å²) in [4.78, 5) is 7.27. The molecule has 23 heavy (non-hydrogen) atoms. The fourth-order valence-corrected chi connectivity index (χ4v) is 2.87. The summed E-state index contributed by atoms with van der Waals surface area (Å²) in [6.07, 6.45) is 2.51. The zero-order valence-electron chi connectivity index (χ0n) is 14.8. The lowest BCUT2D eigenvalue weighted by Gasteiger charge is -2.33. The highest BCUT2D eigenvalue weighted by atomic mass is 16.5. The quantitative estimate of drug-likeness (QED) is 0.645. The van der Waals surface area contributed by atoms with E-state index in [9.17, 15) is 0 Å².